The van der Waals surface area contributed by atoms with Crippen molar-refractivity contribution in [3.63, 3.8) is 0 Å². The van der Waals surface area contributed by atoms with Crippen LogP contribution in [0.3, 0.4) is 0 Å². The fraction of sp³-hybridized carbons (Fsp3) is 0.750. The molecule has 5 nitrogen and oxygen atoms in total. The quantitative estimate of drug-likeness (QED) is 0.190. The number of carbonyl (C=O) groups excluding carboxylic acids is 2. The highest BCUT2D eigenvalue weighted by Gasteiger charge is 2.87. The standard InChI is InChI=1S/C32H38F14O5/c1-7-26(31(41,42)43,23(48)51-24(3,4)5)29(36,37)27(32(44,45)46,50-22(47)19-10-14-21(15-11-19)28(33,34)35)16-17(2)18-8-12-20(13-9-18)25(6,49)30(38,39)40/h8-9,12-13,17,19,21,49H,7,10-11,14-16H2,1-6H3. The van der Waals surface area contributed by atoms with E-state index in [1.54, 1.807) is 0 Å². The topological polar surface area (TPSA) is 72.8 Å². The van der Waals surface area contributed by atoms with Gasteiger partial charge in [-0.15, -0.1) is 0 Å². The summed E-state index contributed by atoms with van der Waals surface area (Å²) in [6.07, 6.45) is -30.9. The van der Waals surface area contributed by atoms with Crippen molar-refractivity contribution >= 4 is 11.9 Å². The van der Waals surface area contributed by atoms with Crippen LogP contribution < -0.4 is 0 Å². The molecule has 0 bridgehead atoms. The second-order valence-electron chi connectivity index (χ2n) is 14.0. The zero-order chi connectivity index (χ0) is 40.0. The Labute approximate surface area is 284 Å². The number of rotatable bonds is 10. The van der Waals surface area contributed by atoms with Gasteiger partial charge in [0.1, 0.15) is 5.60 Å². The lowest BCUT2D eigenvalue weighted by Gasteiger charge is -2.50. The van der Waals surface area contributed by atoms with Gasteiger partial charge in [-0.1, -0.05) is 38.1 Å². The molecule has 1 saturated carbocycles. The zero-order valence-corrected chi connectivity index (χ0v) is 28.2. The Balaban J connectivity index is 2.87. The van der Waals surface area contributed by atoms with Crippen molar-refractivity contribution in [1.29, 1.82) is 0 Å². The van der Waals surface area contributed by atoms with Crippen LogP contribution in [0.1, 0.15) is 97.1 Å². The molecule has 51 heavy (non-hydrogen) atoms. The Morgan fingerprint density at radius 1 is 0.745 bits per heavy atom. The third-order valence-electron chi connectivity index (χ3n) is 9.25. The molecule has 0 aliphatic heterocycles. The maximum atomic E-state index is 16.9. The number of hydrogen-bond acceptors (Lipinski definition) is 5. The van der Waals surface area contributed by atoms with Crippen molar-refractivity contribution in [2.45, 2.75) is 133 Å². The van der Waals surface area contributed by atoms with E-state index in [9.17, 15) is 54.2 Å². The van der Waals surface area contributed by atoms with Gasteiger partial charge < -0.3 is 14.6 Å². The SMILES string of the molecule is CCC(C(=O)OC(C)(C)C)(C(F)(F)F)C(F)(F)C(CC(C)c1ccc(C(C)(O)C(F)(F)F)cc1)(OC(=O)C1CCC(C(F)(F)F)CC1)C(F)(F)F. The van der Waals surface area contributed by atoms with Crippen LogP contribution in [0, 0.1) is 17.3 Å². The van der Waals surface area contributed by atoms with E-state index < -0.39 is 132 Å². The Hall–Kier alpha value is -2.86. The molecule has 0 aromatic heterocycles. The monoisotopic (exact) mass is 768 g/mol. The largest absolute Gasteiger partial charge is 0.459 e. The Morgan fingerprint density at radius 3 is 1.57 bits per heavy atom. The van der Waals surface area contributed by atoms with E-state index in [4.69, 9.17) is 0 Å². The van der Waals surface area contributed by atoms with E-state index in [0.29, 0.717) is 38.1 Å². The number of carbonyl (C=O) groups is 2. The molecule has 0 radical (unpaired) electrons. The summed E-state index contributed by atoms with van der Waals surface area (Å²) in [6, 6.07) is 2.49. The number of benzene rings is 1. The molecule has 294 valence electrons. The summed E-state index contributed by atoms with van der Waals surface area (Å²) in [4.78, 5) is 26.3. The minimum absolute atomic E-state index is 0.321. The predicted octanol–water partition coefficient (Wildman–Crippen LogP) is 10.1. The van der Waals surface area contributed by atoms with Gasteiger partial charge in [-0.05, 0) is 76.8 Å². The lowest BCUT2D eigenvalue weighted by molar-refractivity contribution is -0.394. The van der Waals surface area contributed by atoms with Crippen LogP contribution in [-0.4, -0.2) is 58.9 Å². The molecular formula is C32H38F14O5. The van der Waals surface area contributed by atoms with Gasteiger partial charge in [0.15, 0.2) is 5.60 Å². The predicted molar refractivity (Wildman–Crippen MR) is 151 cm³/mol. The fourth-order valence-electron chi connectivity index (χ4n) is 6.04. The van der Waals surface area contributed by atoms with Gasteiger partial charge >= 0.3 is 42.6 Å². The normalized spacial score (nSPS) is 22.6. The minimum atomic E-state index is -6.64. The summed E-state index contributed by atoms with van der Waals surface area (Å²) >= 11 is 0. The van der Waals surface area contributed by atoms with Crippen LogP contribution >= 0.6 is 0 Å². The molecule has 1 aliphatic rings. The number of alkyl halides is 14. The summed E-state index contributed by atoms with van der Waals surface area (Å²) in [6.45, 7) is 4.22. The highest BCUT2D eigenvalue weighted by Crippen LogP contribution is 2.63. The maximum Gasteiger partial charge on any atom is 0.434 e. The smallest absolute Gasteiger partial charge is 0.434 e. The number of ether oxygens (including phenoxy) is 2. The summed E-state index contributed by atoms with van der Waals surface area (Å²) in [7, 11) is 0. The molecule has 1 aliphatic carbocycles. The Bertz CT molecular complexity index is 1370. The number of hydrogen-bond donors (Lipinski definition) is 1. The average molecular weight is 769 g/mol. The van der Waals surface area contributed by atoms with Gasteiger partial charge in [0.25, 0.3) is 5.60 Å². The second-order valence-corrected chi connectivity index (χ2v) is 14.0. The molecule has 2 rings (SSSR count). The molecule has 1 N–H and O–H groups in total. The summed E-state index contributed by atoms with van der Waals surface area (Å²) in [5.41, 5.74) is -17.7. The van der Waals surface area contributed by atoms with Gasteiger partial charge in [-0.25, -0.2) is 8.78 Å². The number of halogens is 14. The summed E-state index contributed by atoms with van der Waals surface area (Å²) < 4.78 is 213. The van der Waals surface area contributed by atoms with E-state index in [1.165, 1.54) is 0 Å². The van der Waals surface area contributed by atoms with E-state index in [2.05, 4.69) is 9.47 Å². The van der Waals surface area contributed by atoms with Crippen LogP contribution in [0.25, 0.3) is 0 Å². The van der Waals surface area contributed by atoms with Gasteiger partial charge in [0, 0.05) is 6.42 Å². The lowest BCUT2D eigenvalue weighted by atomic mass is 9.67. The van der Waals surface area contributed by atoms with Crippen LogP contribution in [-0.2, 0) is 24.7 Å². The molecule has 0 heterocycles. The number of esters is 2. The Morgan fingerprint density at radius 2 is 1.22 bits per heavy atom. The first-order valence-corrected chi connectivity index (χ1v) is 15.6. The maximum absolute atomic E-state index is 16.9. The summed E-state index contributed by atoms with van der Waals surface area (Å²) in [5, 5.41) is 9.92. The molecule has 0 spiro atoms. The number of aliphatic hydroxyl groups is 1. The van der Waals surface area contributed by atoms with Crippen molar-refractivity contribution in [1.82, 2.24) is 0 Å². The van der Waals surface area contributed by atoms with Crippen LogP contribution in [0.15, 0.2) is 24.3 Å². The van der Waals surface area contributed by atoms with Crippen molar-refractivity contribution < 1.29 is 85.6 Å². The van der Waals surface area contributed by atoms with Crippen molar-refractivity contribution in [3.05, 3.63) is 35.4 Å². The fourth-order valence-corrected chi connectivity index (χ4v) is 6.04. The first kappa shape index (κ1) is 44.3. The first-order valence-electron chi connectivity index (χ1n) is 15.6. The highest BCUT2D eigenvalue weighted by molar-refractivity contribution is 5.80. The van der Waals surface area contributed by atoms with E-state index >= 15 is 22.0 Å². The Kier molecular flexibility index (Phi) is 12.3. The second kappa shape index (κ2) is 14.2. The third-order valence-corrected chi connectivity index (χ3v) is 9.25. The molecule has 4 atom stereocenters. The van der Waals surface area contributed by atoms with Gasteiger partial charge in [0.05, 0.1) is 11.8 Å². The van der Waals surface area contributed by atoms with Crippen molar-refractivity contribution in [2.75, 3.05) is 0 Å². The van der Waals surface area contributed by atoms with Crippen LogP contribution in [0.5, 0.6) is 0 Å². The van der Waals surface area contributed by atoms with Gasteiger partial charge in [0.2, 0.25) is 5.41 Å². The molecule has 0 saturated heterocycles. The van der Waals surface area contributed by atoms with Crippen molar-refractivity contribution in [2.24, 2.45) is 17.3 Å². The molecule has 1 aromatic rings. The molecule has 1 aromatic carbocycles. The molecule has 0 amide bonds. The summed E-state index contributed by atoms with van der Waals surface area (Å²) in [5.74, 6) is -17.5. The van der Waals surface area contributed by atoms with E-state index in [1.807, 2.05) is 0 Å². The van der Waals surface area contributed by atoms with Gasteiger partial charge in [-0.3, -0.25) is 9.59 Å². The highest BCUT2D eigenvalue weighted by atomic mass is 19.4. The van der Waals surface area contributed by atoms with Crippen LogP contribution in [0.2, 0.25) is 0 Å². The van der Waals surface area contributed by atoms with E-state index in [-0.39, 0.29) is 0 Å². The third kappa shape index (κ3) is 8.53. The molecule has 19 heteroatoms. The van der Waals surface area contributed by atoms with Gasteiger partial charge in [-0.2, -0.15) is 52.7 Å². The van der Waals surface area contributed by atoms with Crippen molar-refractivity contribution in [3.8, 4) is 0 Å². The molecule has 1 fully saturated rings. The minimum Gasteiger partial charge on any atom is -0.459 e. The first-order chi connectivity index (χ1) is 22.6. The zero-order valence-electron chi connectivity index (χ0n) is 28.2. The van der Waals surface area contributed by atoms with E-state index in [0.717, 1.165) is 27.7 Å². The van der Waals surface area contributed by atoms with Crippen LogP contribution in [0.4, 0.5) is 61.5 Å². The lowest BCUT2D eigenvalue weighted by Crippen LogP contribution is -2.73. The molecular weight excluding hydrogens is 730 g/mol. The average Bonchev–Trinajstić information content (AvgIpc) is 2.93. The molecule has 4 unspecified atom stereocenters.